The van der Waals surface area contributed by atoms with E-state index in [1.165, 1.54) is 13.2 Å². The van der Waals surface area contributed by atoms with E-state index in [0.717, 1.165) is 18.5 Å². The molecule has 1 aromatic heterocycles. The molecular weight excluding hydrogens is 386 g/mol. The van der Waals surface area contributed by atoms with Crippen LogP contribution in [0.4, 0.5) is 0 Å². The lowest BCUT2D eigenvalue weighted by atomic mass is 10.1. The summed E-state index contributed by atoms with van der Waals surface area (Å²) in [6.07, 6.45) is 1.55. The van der Waals surface area contributed by atoms with E-state index in [1.807, 2.05) is 29.2 Å². The van der Waals surface area contributed by atoms with E-state index in [0.29, 0.717) is 53.6 Å². The van der Waals surface area contributed by atoms with Crippen LogP contribution in [0.5, 0.6) is 17.2 Å². The van der Waals surface area contributed by atoms with Gasteiger partial charge in [0.15, 0.2) is 5.43 Å². The van der Waals surface area contributed by atoms with Crippen molar-refractivity contribution in [2.45, 2.75) is 12.8 Å². The average Bonchev–Trinajstić information content (AvgIpc) is 3.17. The summed E-state index contributed by atoms with van der Waals surface area (Å²) < 4.78 is 22.3. The maximum absolute atomic E-state index is 12.7. The number of fused-ring (bicyclic) bond motifs is 1. The van der Waals surface area contributed by atoms with Crippen molar-refractivity contribution in [3.05, 3.63) is 52.7 Å². The summed E-state index contributed by atoms with van der Waals surface area (Å²) in [5.74, 6) is 2.27. The molecule has 1 amide bonds. The first-order valence-electron chi connectivity index (χ1n) is 9.80. The van der Waals surface area contributed by atoms with Crippen molar-refractivity contribution in [1.29, 1.82) is 0 Å². The molecule has 30 heavy (non-hydrogen) atoms. The number of amides is 1. The van der Waals surface area contributed by atoms with Gasteiger partial charge in [-0.3, -0.25) is 9.59 Å². The molecule has 4 rings (SSSR count). The molecule has 0 aliphatic carbocycles. The molecule has 0 bridgehead atoms. The van der Waals surface area contributed by atoms with Gasteiger partial charge in [-0.15, -0.1) is 0 Å². The topological polar surface area (TPSA) is 78.2 Å². The third kappa shape index (κ3) is 3.96. The molecule has 0 radical (unpaired) electrons. The smallest absolute Gasteiger partial charge is 0.222 e. The number of carbonyl (C=O) groups is 1. The Morgan fingerprint density at radius 3 is 2.47 bits per heavy atom. The fourth-order valence-electron chi connectivity index (χ4n) is 3.58. The summed E-state index contributed by atoms with van der Waals surface area (Å²) in [7, 11) is 3.04. The van der Waals surface area contributed by atoms with E-state index in [1.54, 1.807) is 19.2 Å². The Morgan fingerprint density at radius 1 is 1.00 bits per heavy atom. The van der Waals surface area contributed by atoms with Gasteiger partial charge in [-0.2, -0.15) is 0 Å². The molecule has 1 saturated heterocycles. The van der Waals surface area contributed by atoms with Gasteiger partial charge in [0.25, 0.3) is 0 Å². The summed E-state index contributed by atoms with van der Waals surface area (Å²) in [4.78, 5) is 26.1. The lowest BCUT2D eigenvalue weighted by molar-refractivity contribution is -0.128. The van der Waals surface area contributed by atoms with Gasteiger partial charge in [0.05, 0.1) is 20.8 Å². The molecule has 0 spiro atoms. The third-order valence-electron chi connectivity index (χ3n) is 5.16. The molecular formula is C23H23NO6. The van der Waals surface area contributed by atoms with Gasteiger partial charge in [-0.05, 0) is 30.7 Å². The van der Waals surface area contributed by atoms with Crippen molar-refractivity contribution in [3.63, 3.8) is 0 Å². The van der Waals surface area contributed by atoms with Crippen LogP contribution in [0.1, 0.15) is 12.8 Å². The van der Waals surface area contributed by atoms with E-state index >= 15 is 0 Å². The number of methoxy groups -OCH3 is 2. The van der Waals surface area contributed by atoms with Gasteiger partial charge >= 0.3 is 0 Å². The van der Waals surface area contributed by atoms with Gasteiger partial charge in [0.1, 0.15) is 40.6 Å². The summed E-state index contributed by atoms with van der Waals surface area (Å²) >= 11 is 0. The number of rotatable bonds is 7. The van der Waals surface area contributed by atoms with Crippen molar-refractivity contribution in [2.75, 3.05) is 33.9 Å². The molecule has 1 fully saturated rings. The second-order valence-electron chi connectivity index (χ2n) is 7.03. The molecule has 0 unspecified atom stereocenters. The van der Waals surface area contributed by atoms with Gasteiger partial charge in [-0.25, -0.2) is 0 Å². The second-order valence-corrected chi connectivity index (χ2v) is 7.03. The van der Waals surface area contributed by atoms with Gasteiger partial charge in [0, 0.05) is 36.7 Å². The zero-order valence-electron chi connectivity index (χ0n) is 17.0. The Labute approximate surface area is 173 Å². The molecule has 0 saturated carbocycles. The molecule has 7 nitrogen and oxygen atoms in total. The molecule has 156 valence electrons. The molecule has 1 aliphatic heterocycles. The number of hydrogen-bond donors (Lipinski definition) is 0. The average molecular weight is 409 g/mol. The minimum atomic E-state index is -0.193. The van der Waals surface area contributed by atoms with E-state index in [-0.39, 0.29) is 11.3 Å². The number of carbonyl (C=O) groups excluding carboxylic acids is 1. The minimum absolute atomic E-state index is 0.188. The lowest BCUT2D eigenvalue weighted by Gasteiger charge is -2.15. The van der Waals surface area contributed by atoms with Crippen LogP contribution in [0.2, 0.25) is 0 Å². The number of hydrogen-bond acceptors (Lipinski definition) is 6. The first-order chi connectivity index (χ1) is 14.6. The maximum Gasteiger partial charge on any atom is 0.222 e. The molecule has 2 heterocycles. The minimum Gasteiger partial charge on any atom is -0.496 e. The normalized spacial score (nSPS) is 13.7. The molecule has 2 aromatic carbocycles. The van der Waals surface area contributed by atoms with Crippen molar-refractivity contribution >= 4 is 16.9 Å². The highest BCUT2D eigenvalue weighted by atomic mass is 16.5. The first kappa shape index (κ1) is 19.8. The van der Waals surface area contributed by atoms with Crippen LogP contribution < -0.4 is 19.6 Å². The van der Waals surface area contributed by atoms with Crippen LogP contribution in [0, 0.1) is 0 Å². The highest BCUT2D eigenvalue weighted by Gasteiger charge is 2.19. The third-order valence-corrected chi connectivity index (χ3v) is 5.16. The number of likely N-dealkylation sites (tertiary alicyclic amines) is 1. The monoisotopic (exact) mass is 409 g/mol. The maximum atomic E-state index is 12.7. The Kier molecular flexibility index (Phi) is 5.61. The van der Waals surface area contributed by atoms with Gasteiger partial charge < -0.3 is 23.5 Å². The van der Waals surface area contributed by atoms with Crippen LogP contribution in [-0.2, 0) is 4.79 Å². The molecule has 3 aromatic rings. The Balaban J connectivity index is 1.53. The highest BCUT2D eigenvalue weighted by Crippen LogP contribution is 2.32. The van der Waals surface area contributed by atoms with Crippen LogP contribution in [0.25, 0.3) is 22.3 Å². The SMILES string of the molecule is COc1cc(OC)c2c(=O)cc(-c3ccc(OCCN4CCCC4=O)cc3)oc2c1. The van der Waals surface area contributed by atoms with E-state index in [4.69, 9.17) is 18.6 Å². The van der Waals surface area contributed by atoms with E-state index in [2.05, 4.69) is 0 Å². The van der Waals surface area contributed by atoms with Gasteiger partial charge in [0.2, 0.25) is 5.91 Å². The van der Waals surface area contributed by atoms with Crippen molar-refractivity contribution in [2.24, 2.45) is 0 Å². The fraction of sp³-hybridized carbons (Fsp3) is 0.304. The lowest BCUT2D eigenvalue weighted by Crippen LogP contribution is -2.29. The summed E-state index contributed by atoms with van der Waals surface area (Å²) in [6, 6.07) is 12.1. The molecule has 0 atom stereocenters. The van der Waals surface area contributed by atoms with Crippen molar-refractivity contribution < 1.29 is 23.4 Å². The zero-order chi connectivity index (χ0) is 21.1. The Bertz CT molecular complexity index is 1120. The van der Waals surface area contributed by atoms with Crippen LogP contribution >= 0.6 is 0 Å². The Morgan fingerprint density at radius 2 is 1.80 bits per heavy atom. The predicted molar refractivity (Wildman–Crippen MR) is 112 cm³/mol. The summed E-state index contributed by atoms with van der Waals surface area (Å²) in [6.45, 7) is 1.83. The van der Waals surface area contributed by atoms with Crippen LogP contribution in [0.15, 0.2) is 51.7 Å². The highest BCUT2D eigenvalue weighted by molar-refractivity contribution is 5.86. The fourth-order valence-corrected chi connectivity index (χ4v) is 3.58. The van der Waals surface area contributed by atoms with Crippen LogP contribution in [0.3, 0.4) is 0 Å². The van der Waals surface area contributed by atoms with Crippen molar-refractivity contribution in [1.82, 2.24) is 4.90 Å². The van der Waals surface area contributed by atoms with Crippen LogP contribution in [-0.4, -0.2) is 44.7 Å². The zero-order valence-corrected chi connectivity index (χ0v) is 17.0. The number of nitrogens with zero attached hydrogens (tertiary/aromatic N) is 1. The first-order valence-corrected chi connectivity index (χ1v) is 9.80. The van der Waals surface area contributed by atoms with Crippen molar-refractivity contribution in [3.8, 4) is 28.6 Å². The molecule has 7 heteroatoms. The van der Waals surface area contributed by atoms with E-state index in [9.17, 15) is 9.59 Å². The summed E-state index contributed by atoms with van der Waals surface area (Å²) in [5.41, 5.74) is 0.948. The van der Waals surface area contributed by atoms with E-state index < -0.39 is 0 Å². The predicted octanol–water partition coefficient (Wildman–Crippen LogP) is 3.48. The molecule has 1 aliphatic rings. The van der Waals surface area contributed by atoms with Gasteiger partial charge in [-0.1, -0.05) is 0 Å². The number of ether oxygens (including phenoxy) is 3. The largest absolute Gasteiger partial charge is 0.496 e. The standard InChI is InChI=1S/C23H23NO6/c1-27-17-12-20(28-2)23-18(25)14-19(30-21(23)13-17)15-5-7-16(8-6-15)29-11-10-24-9-3-4-22(24)26/h5-8,12-14H,3-4,9-11H2,1-2H3. The quantitative estimate of drug-likeness (QED) is 0.595. The summed E-state index contributed by atoms with van der Waals surface area (Å²) in [5, 5.41) is 0.374. The number of benzene rings is 2. The molecule has 0 N–H and O–H groups in total. The second kappa shape index (κ2) is 8.49. The Hall–Kier alpha value is -3.48.